The SMILES string of the molecule is COC(=O)NC(=O)[C@H](C)OC(=O)c1sc(-c2ccccc2)nc1C. The molecular formula is C16H16N2O5S. The zero-order valence-electron chi connectivity index (χ0n) is 13.4. The van der Waals surface area contributed by atoms with Gasteiger partial charge in [-0.2, -0.15) is 0 Å². The highest BCUT2D eigenvalue weighted by Gasteiger charge is 2.24. The molecule has 8 heteroatoms. The van der Waals surface area contributed by atoms with Crippen molar-refractivity contribution < 1.29 is 23.9 Å². The fourth-order valence-corrected chi connectivity index (χ4v) is 2.77. The molecule has 1 heterocycles. The maximum Gasteiger partial charge on any atom is 0.413 e. The van der Waals surface area contributed by atoms with Crippen molar-refractivity contribution in [3.63, 3.8) is 0 Å². The predicted octanol–water partition coefficient (Wildman–Crippen LogP) is 2.55. The summed E-state index contributed by atoms with van der Waals surface area (Å²) in [6, 6.07) is 9.42. The minimum atomic E-state index is -1.14. The van der Waals surface area contributed by atoms with E-state index in [9.17, 15) is 14.4 Å². The smallest absolute Gasteiger partial charge is 0.413 e. The molecule has 0 radical (unpaired) electrons. The number of amides is 2. The molecule has 2 rings (SSSR count). The average Bonchev–Trinajstić information content (AvgIpc) is 2.97. The van der Waals surface area contributed by atoms with E-state index in [0.717, 1.165) is 12.7 Å². The number of methoxy groups -OCH3 is 1. The third-order valence-electron chi connectivity index (χ3n) is 3.07. The van der Waals surface area contributed by atoms with E-state index in [1.807, 2.05) is 35.6 Å². The molecule has 2 amide bonds. The summed E-state index contributed by atoms with van der Waals surface area (Å²) in [7, 11) is 1.13. The number of carbonyl (C=O) groups is 3. The summed E-state index contributed by atoms with van der Waals surface area (Å²) in [6.07, 6.45) is -2.05. The first-order valence-corrected chi connectivity index (χ1v) is 7.86. The number of esters is 1. The first-order valence-electron chi connectivity index (χ1n) is 7.05. The number of benzene rings is 1. The van der Waals surface area contributed by atoms with Crippen LogP contribution in [0.3, 0.4) is 0 Å². The highest BCUT2D eigenvalue weighted by Crippen LogP contribution is 2.28. The average molecular weight is 348 g/mol. The van der Waals surface area contributed by atoms with E-state index in [1.54, 1.807) is 6.92 Å². The van der Waals surface area contributed by atoms with Gasteiger partial charge in [-0.3, -0.25) is 10.1 Å². The standard InChI is InChI=1S/C16H16N2O5S/c1-9-12(24-14(17-9)11-7-5-4-6-8-11)15(20)23-10(2)13(19)18-16(21)22-3/h4-8,10H,1-3H3,(H,18,19,21)/t10-/m0/s1. The maximum atomic E-state index is 12.2. The molecule has 2 aromatic rings. The molecule has 1 aromatic carbocycles. The summed E-state index contributed by atoms with van der Waals surface area (Å²) in [4.78, 5) is 39.6. The Morgan fingerprint density at radius 3 is 2.50 bits per heavy atom. The topological polar surface area (TPSA) is 94.6 Å². The van der Waals surface area contributed by atoms with Crippen LogP contribution in [0.25, 0.3) is 10.6 Å². The molecule has 0 saturated heterocycles. The number of aromatic nitrogens is 1. The maximum absolute atomic E-state index is 12.2. The monoisotopic (exact) mass is 348 g/mol. The zero-order chi connectivity index (χ0) is 17.7. The first-order chi connectivity index (χ1) is 11.4. The molecule has 1 aromatic heterocycles. The molecule has 0 aliphatic carbocycles. The van der Waals surface area contributed by atoms with E-state index in [-0.39, 0.29) is 0 Å². The second-order valence-corrected chi connectivity index (χ2v) is 5.83. The fourth-order valence-electron chi connectivity index (χ4n) is 1.81. The van der Waals surface area contributed by atoms with Crippen molar-refractivity contribution in [2.24, 2.45) is 0 Å². The lowest BCUT2D eigenvalue weighted by Crippen LogP contribution is -2.39. The van der Waals surface area contributed by atoms with Gasteiger partial charge in [0.15, 0.2) is 6.10 Å². The Balaban J connectivity index is 2.09. The summed E-state index contributed by atoms with van der Waals surface area (Å²) < 4.78 is 9.40. The second kappa shape index (κ2) is 7.69. The second-order valence-electron chi connectivity index (χ2n) is 4.83. The molecule has 0 spiro atoms. The Labute approximate surface area is 142 Å². The third kappa shape index (κ3) is 4.17. The number of nitrogens with one attached hydrogen (secondary N) is 1. The minimum absolute atomic E-state index is 0.312. The summed E-state index contributed by atoms with van der Waals surface area (Å²) in [6.45, 7) is 3.06. The number of rotatable bonds is 4. The Hall–Kier alpha value is -2.74. The molecule has 1 atom stereocenters. The molecule has 24 heavy (non-hydrogen) atoms. The number of nitrogens with zero attached hydrogens (tertiary/aromatic N) is 1. The van der Waals surface area contributed by atoms with Gasteiger partial charge >= 0.3 is 12.1 Å². The van der Waals surface area contributed by atoms with Crippen molar-refractivity contribution in [2.45, 2.75) is 20.0 Å². The molecular weight excluding hydrogens is 332 g/mol. The van der Waals surface area contributed by atoms with E-state index in [4.69, 9.17) is 4.74 Å². The molecule has 0 fully saturated rings. The van der Waals surface area contributed by atoms with Crippen molar-refractivity contribution >= 4 is 29.3 Å². The number of imide groups is 1. The number of carbonyl (C=O) groups excluding carboxylic acids is 3. The summed E-state index contributed by atoms with van der Waals surface area (Å²) >= 11 is 1.18. The van der Waals surface area contributed by atoms with E-state index in [2.05, 4.69) is 9.72 Å². The van der Waals surface area contributed by atoms with Crippen molar-refractivity contribution in [3.05, 3.63) is 40.9 Å². The van der Waals surface area contributed by atoms with Crippen LogP contribution in [0.4, 0.5) is 4.79 Å². The number of thiazole rings is 1. The molecule has 1 N–H and O–H groups in total. The summed E-state index contributed by atoms with van der Waals surface area (Å²) in [5, 5.41) is 2.63. The Bertz CT molecular complexity index is 757. The van der Waals surface area contributed by atoms with Gasteiger partial charge in [-0.15, -0.1) is 11.3 Å². The largest absolute Gasteiger partial charge is 0.453 e. The van der Waals surface area contributed by atoms with Crippen LogP contribution in [-0.2, 0) is 14.3 Å². The summed E-state index contributed by atoms with van der Waals surface area (Å²) in [5.74, 6) is -1.43. The number of hydrogen-bond donors (Lipinski definition) is 1. The van der Waals surface area contributed by atoms with Crippen LogP contribution in [0.5, 0.6) is 0 Å². The van der Waals surface area contributed by atoms with E-state index < -0.39 is 24.1 Å². The van der Waals surface area contributed by atoms with Crippen LogP contribution in [-0.4, -0.2) is 36.2 Å². The van der Waals surface area contributed by atoms with Crippen LogP contribution in [0.1, 0.15) is 22.3 Å². The van der Waals surface area contributed by atoms with Crippen molar-refractivity contribution in [1.82, 2.24) is 10.3 Å². The Kier molecular flexibility index (Phi) is 5.64. The number of ether oxygens (including phenoxy) is 2. The van der Waals surface area contributed by atoms with Crippen LogP contribution in [0.15, 0.2) is 30.3 Å². The quantitative estimate of drug-likeness (QED) is 0.853. The van der Waals surface area contributed by atoms with Crippen LogP contribution in [0.2, 0.25) is 0 Å². The van der Waals surface area contributed by atoms with Gasteiger partial charge in [0.25, 0.3) is 5.91 Å². The Morgan fingerprint density at radius 1 is 1.21 bits per heavy atom. The molecule has 0 unspecified atom stereocenters. The van der Waals surface area contributed by atoms with Gasteiger partial charge in [0.05, 0.1) is 12.8 Å². The molecule has 0 aliphatic heterocycles. The number of alkyl carbamates (subject to hydrolysis) is 1. The van der Waals surface area contributed by atoms with E-state index in [0.29, 0.717) is 15.6 Å². The Morgan fingerprint density at radius 2 is 1.88 bits per heavy atom. The summed E-state index contributed by atoms with van der Waals surface area (Å²) in [5.41, 5.74) is 1.41. The molecule has 0 saturated carbocycles. The molecule has 0 aliphatic rings. The number of hydrogen-bond acceptors (Lipinski definition) is 7. The van der Waals surface area contributed by atoms with Gasteiger partial charge in [0, 0.05) is 5.56 Å². The van der Waals surface area contributed by atoms with Gasteiger partial charge in [-0.25, -0.2) is 14.6 Å². The van der Waals surface area contributed by atoms with Crippen LogP contribution < -0.4 is 5.32 Å². The van der Waals surface area contributed by atoms with Gasteiger partial charge in [-0.05, 0) is 13.8 Å². The lowest BCUT2D eigenvalue weighted by molar-refractivity contribution is -0.128. The van der Waals surface area contributed by atoms with Gasteiger partial charge in [0.1, 0.15) is 9.88 Å². The molecule has 7 nitrogen and oxygen atoms in total. The van der Waals surface area contributed by atoms with Crippen molar-refractivity contribution in [1.29, 1.82) is 0 Å². The third-order valence-corrected chi connectivity index (χ3v) is 4.25. The van der Waals surface area contributed by atoms with Gasteiger partial charge < -0.3 is 9.47 Å². The van der Waals surface area contributed by atoms with Gasteiger partial charge in [0.2, 0.25) is 0 Å². The van der Waals surface area contributed by atoms with Crippen molar-refractivity contribution in [2.75, 3.05) is 7.11 Å². The van der Waals surface area contributed by atoms with Crippen LogP contribution in [0, 0.1) is 6.92 Å². The van der Waals surface area contributed by atoms with E-state index in [1.165, 1.54) is 18.3 Å². The molecule has 126 valence electrons. The fraction of sp³-hybridized carbons (Fsp3) is 0.250. The van der Waals surface area contributed by atoms with Crippen LogP contribution >= 0.6 is 11.3 Å². The molecule has 0 bridgehead atoms. The highest BCUT2D eigenvalue weighted by molar-refractivity contribution is 7.17. The predicted molar refractivity (Wildman–Crippen MR) is 87.7 cm³/mol. The van der Waals surface area contributed by atoms with E-state index >= 15 is 0 Å². The first kappa shape index (κ1) is 17.6. The van der Waals surface area contributed by atoms with Crippen molar-refractivity contribution in [3.8, 4) is 10.6 Å². The highest BCUT2D eigenvalue weighted by atomic mass is 32.1. The zero-order valence-corrected chi connectivity index (χ0v) is 14.2. The lowest BCUT2D eigenvalue weighted by Gasteiger charge is -2.11. The minimum Gasteiger partial charge on any atom is -0.453 e. The lowest BCUT2D eigenvalue weighted by atomic mass is 10.2. The number of aryl methyl sites for hydroxylation is 1. The van der Waals surface area contributed by atoms with Gasteiger partial charge in [-0.1, -0.05) is 30.3 Å². The normalized spacial score (nSPS) is 11.5.